The standard InChI is InChI=1S/C10H12IN4OP/c1-6-13-10(14-15(6)17-11)7-4-3-5-8(12)9(7)16-2/h3-5,17H,12H2,1-2H3. The molecule has 0 aliphatic heterocycles. The Kier molecular flexibility index (Phi) is 3.83. The summed E-state index contributed by atoms with van der Waals surface area (Å²) in [6.07, 6.45) is 0.530. The number of hydrogen-bond acceptors (Lipinski definition) is 4. The third-order valence-electron chi connectivity index (χ3n) is 2.34. The van der Waals surface area contributed by atoms with Gasteiger partial charge in [0.25, 0.3) is 0 Å². The zero-order valence-corrected chi connectivity index (χ0v) is 12.6. The summed E-state index contributed by atoms with van der Waals surface area (Å²) in [6.45, 7) is 1.93. The van der Waals surface area contributed by atoms with Gasteiger partial charge in [0.1, 0.15) is 5.82 Å². The van der Waals surface area contributed by atoms with Gasteiger partial charge in [-0.15, -0.1) is 5.10 Å². The molecule has 2 aromatic rings. The van der Waals surface area contributed by atoms with E-state index in [-0.39, 0.29) is 0 Å². The van der Waals surface area contributed by atoms with Gasteiger partial charge in [-0.1, -0.05) is 6.07 Å². The summed E-state index contributed by atoms with van der Waals surface area (Å²) in [5.41, 5.74) is 7.28. The average molecular weight is 362 g/mol. The fraction of sp³-hybridized carbons (Fsp3) is 0.200. The van der Waals surface area contributed by atoms with E-state index in [9.17, 15) is 0 Å². The molecule has 0 saturated heterocycles. The van der Waals surface area contributed by atoms with E-state index < -0.39 is 0 Å². The fourth-order valence-corrected chi connectivity index (χ4v) is 3.22. The number of benzene rings is 1. The van der Waals surface area contributed by atoms with Crippen LogP contribution in [0.4, 0.5) is 5.69 Å². The van der Waals surface area contributed by atoms with Gasteiger partial charge in [0.2, 0.25) is 0 Å². The molecular weight excluding hydrogens is 350 g/mol. The van der Waals surface area contributed by atoms with E-state index in [4.69, 9.17) is 10.5 Å². The molecule has 2 N–H and O–H groups in total. The lowest BCUT2D eigenvalue weighted by molar-refractivity contribution is 0.418. The number of aryl methyl sites for hydroxylation is 1. The van der Waals surface area contributed by atoms with Crippen molar-refractivity contribution < 1.29 is 4.74 Å². The Hall–Kier alpha value is -0.880. The normalized spacial score (nSPS) is 11.2. The predicted molar refractivity (Wildman–Crippen MR) is 78.9 cm³/mol. The highest BCUT2D eigenvalue weighted by Gasteiger charge is 2.14. The molecule has 1 aromatic heterocycles. The Morgan fingerprint density at radius 3 is 2.82 bits per heavy atom. The second-order valence-electron chi connectivity index (χ2n) is 3.41. The molecule has 0 aliphatic rings. The number of methoxy groups -OCH3 is 1. The molecule has 0 fully saturated rings. The van der Waals surface area contributed by atoms with Crippen LogP contribution in [-0.2, 0) is 0 Å². The Labute approximate surface area is 114 Å². The van der Waals surface area contributed by atoms with Gasteiger partial charge >= 0.3 is 0 Å². The molecule has 0 aliphatic carbocycles. The first-order valence-electron chi connectivity index (χ1n) is 4.90. The maximum atomic E-state index is 5.86. The molecule has 0 saturated carbocycles. The lowest BCUT2D eigenvalue weighted by Gasteiger charge is -2.07. The summed E-state index contributed by atoms with van der Waals surface area (Å²) in [7, 11) is 1.60. The van der Waals surface area contributed by atoms with E-state index in [1.54, 1.807) is 13.2 Å². The summed E-state index contributed by atoms with van der Waals surface area (Å²) in [4.78, 5) is 4.42. The van der Waals surface area contributed by atoms with Crippen molar-refractivity contribution in [3.63, 3.8) is 0 Å². The number of ether oxygens (including phenoxy) is 1. The molecular formula is C10H12IN4OP. The van der Waals surface area contributed by atoms with E-state index in [0.717, 1.165) is 11.4 Å². The third-order valence-corrected chi connectivity index (χ3v) is 4.29. The second-order valence-corrected chi connectivity index (χ2v) is 5.45. The first-order valence-corrected chi connectivity index (χ1v) is 8.96. The molecule has 90 valence electrons. The van der Waals surface area contributed by atoms with Gasteiger partial charge in [-0.25, -0.2) is 9.44 Å². The van der Waals surface area contributed by atoms with Crippen LogP contribution in [0.15, 0.2) is 18.2 Å². The molecule has 1 aromatic carbocycles. The van der Waals surface area contributed by atoms with Crippen molar-refractivity contribution in [1.29, 1.82) is 0 Å². The highest BCUT2D eigenvalue weighted by atomic mass is 127. The quantitative estimate of drug-likeness (QED) is 0.518. The maximum absolute atomic E-state index is 5.86. The lowest BCUT2D eigenvalue weighted by atomic mass is 10.1. The van der Waals surface area contributed by atoms with Crippen LogP contribution in [0.25, 0.3) is 11.4 Å². The number of anilines is 1. The number of rotatable bonds is 3. The first-order chi connectivity index (χ1) is 8.17. The molecule has 5 nitrogen and oxygen atoms in total. The van der Waals surface area contributed by atoms with Gasteiger partial charge in [-0.3, -0.25) is 0 Å². The minimum Gasteiger partial charge on any atom is -0.494 e. The summed E-state index contributed by atoms with van der Waals surface area (Å²) in [6, 6.07) is 5.58. The van der Waals surface area contributed by atoms with Crippen LogP contribution in [0.3, 0.4) is 0 Å². The van der Waals surface area contributed by atoms with Gasteiger partial charge in [0.15, 0.2) is 11.6 Å². The van der Waals surface area contributed by atoms with Crippen LogP contribution in [-0.4, -0.2) is 21.6 Å². The number of nitrogen functional groups attached to an aromatic ring is 1. The van der Waals surface area contributed by atoms with Gasteiger partial charge in [0.05, 0.1) is 24.7 Å². The van der Waals surface area contributed by atoms with Crippen molar-refractivity contribution in [2.45, 2.75) is 6.92 Å². The largest absolute Gasteiger partial charge is 0.494 e. The first kappa shape index (κ1) is 12.6. The second kappa shape index (κ2) is 5.18. The fourth-order valence-electron chi connectivity index (χ4n) is 1.54. The number of nitrogens with zero attached hydrogens (tertiary/aromatic N) is 3. The van der Waals surface area contributed by atoms with E-state index in [1.165, 1.54) is 0 Å². The summed E-state index contributed by atoms with van der Waals surface area (Å²) in [5.74, 6) is 2.16. The maximum Gasteiger partial charge on any atom is 0.185 e. The highest BCUT2D eigenvalue weighted by Crippen LogP contribution is 2.34. The van der Waals surface area contributed by atoms with E-state index in [0.29, 0.717) is 23.6 Å². The van der Waals surface area contributed by atoms with Crippen LogP contribution >= 0.6 is 28.4 Å². The average Bonchev–Trinajstić information content (AvgIpc) is 2.70. The van der Waals surface area contributed by atoms with Crippen LogP contribution in [0.2, 0.25) is 0 Å². The molecule has 1 unspecified atom stereocenters. The van der Waals surface area contributed by atoms with Crippen LogP contribution in [0.5, 0.6) is 5.75 Å². The lowest BCUT2D eigenvalue weighted by Crippen LogP contribution is -1.95. The molecule has 0 amide bonds. The highest BCUT2D eigenvalue weighted by molar-refractivity contribution is 14.2. The molecule has 1 heterocycles. The van der Waals surface area contributed by atoms with Crippen molar-refractivity contribution in [2.75, 3.05) is 12.8 Å². The number of halogens is 1. The van der Waals surface area contributed by atoms with Crippen LogP contribution < -0.4 is 10.5 Å². The van der Waals surface area contributed by atoms with Gasteiger partial charge in [-0.05, 0) is 41.1 Å². The number of hydrogen-bond donors (Lipinski definition) is 1. The Morgan fingerprint density at radius 1 is 1.47 bits per heavy atom. The van der Waals surface area contributed by atoms with E-state index in [2.05, 4.69) is 32.1 Å². The van der Waals surface area contributed by atoms with Crippen molar-refractivity contribution in [1.82, 2.24) is 14.5 Å². The Morgan fingerprint density at radius 2 is 2.24 bits per heavy atom. The minimum atomic E-state index is 0.530. The molecule has 17 heavy (non-hydrogen) atoms. The zero-order valence-electron chi connectivity index (χ0n) is 9.44. The monoisotopic (exact) mass is 362 g/mol. The predicted octanol–water partition coefficient (Wildman–Crippen LogP) is 2.64. The van der Waals surface area contributed by atoms with Crippen molar-refractivity contribution >= 4 is 34.1 Å². The van der Waals surface area contributed by atoms with Crippen molar-refractivity contribution in [3.05, 3.63) is 24.0 Å². The Bertz CT molecular complexity index is 543. The van der Waals surface area contributed by atoms with Crippen LogP contribution in [0.1, 0.15) is 5.82 Å². The zero-order chi connectivity index (χ0) is 12.4. The molecule has 2 rings (SSSR count). The molecule has 0 radical (unpaired) electrons. The molecule has 7 heteroatoms. The summed E-state index contributed by atoms with van der Waals surface area (Å²) in [5, 5.41) is 4.42. The van der Waals surface area contributed by atoms with Gasteiger partial charge in [0, 0.05) is 0 Å². The third kappa shape index (κ3) is 2.37. The Balaban J connectivity index is 2.56. The minimum absolute atomic E-state index is 0.530. The molecule has 1 atom stereocenters. The number of aromatic nitrogens is 3. The summed E-state index contributed by atoms with van der Waals surface area (Å²) < 4.78 is 7.16. The number of nitrogens with two attached hydrogens (primary N) is 1. The summed E-state index contributed by atoms with van der Waals surface area (Å²) >= 11 is 2.27. The topological polar surface area (TPSA) is 66.0 Å². The van der Waals surface area contributed by atoms with E-state index >= 15 is 0 Å². The van der Waals surface area contributed by atoms with Crippen molar-refractivity contribution in [3.8, 4) is 17.1 Å². The van der Waals surface area contributed by atoms with Gasteiger partial charge < -0.3 is 10.5 Å². The van der Waals surface area contributed by atoms with Gasteiger partial charge in [-0.2, -0.15) is 0 Å². The van der Waals surface area contributed by atoms with Crippen molar-refractivity contribution in [2.24, 2.45) is 0 Å². The SMILES string of the molecule is COc1c(N)cccc1-c1nc(C)n(PI)n1. The smallest absolute Gasteiger partial charge is 0.185 e. The van der Waals surface area contributed by atoms with E-state index in [1.807, 2.05) is 23.5 Å². The molecule has 0 bridgehead atoms. The molecule has 0 spiro atoms. The van der Waals surface area contributed by atoms with Crippen LogP contribution in [0, 0.1) is 6.92 Å². The number of para-hydroxylation sites is 1.